The number of guanidine groups is 1. The first-order valence-corrected chi connectivity index (χ1v) is 9.65. The number of aliphatic imine (C=N–C) groups is 1. The van der Waals surface area contributed by atoms with Crippen LogP contribution < -0.4 is 15.4 Å². The molecule has 1 aromatic rings. The molecular weight excluding hydrogens is 328 g/mol. The van der Waals surface area contributed by atoms with Crippen LogP contribution in [0.1, 0.15) is 25.3 Å². The lowest BCUT2D eigenvalue weighted by atomic mass is 10.1. The summed E-state index contributed by atoms with van der Waals surface area (Å²) in [5.41, 5.74) is 1.21. The van der Waals surface area contributed by atoms with Gasteiger partial charge < -0.3 is 20.1 Å². The number of benzene rings is 1. The van der Waals surface area contributed by atoms with Crippen molar-refractivity contribution < 1.29 is 9.47 Å². The van der Waals surface area contributed by atoms with Gasteiger partial charge in [0.1, 0.15) is 5.75 Å². The number of ether oxygens (including phenoxy) is 2. The zero-order chi connectivity index (χ0) is 18.6. The molecule has 1 heterocycles. The van der Waals surface area contributed by atoms with E-state index in [4.69, 9.17) is 14.5 Å². The average molecular weight is 363 g/mol. The largest absolute Gasteiger partial charge is 0.496 e. The lowest BCUT2D eigenvalue weighted by Crippen LogP contribution is -2.40. The first-order chi connectivity index (χ1) is 12.8. The molecule has 0 aromatic heterocycles. The highest BCUT2D eigenvalue weighted by molar-refractivity contribution is 5.79. The van der Waals surface area contributed by atoms with Crippen molar-refractivity contribution in [2.75, 3.05) is 53.6 Å². The number of rotatable bonds is 10. The predicted octanol–water partition coefficient (Wildman–Crippen LogP) is 1.90. The fourth-order valence-electron chi connectivity index (χ4n) is 3.37. The monoisotopic (exact) mass is 362 g/mol. The van der Waals surface area contributed by atoms with Gasteiger partial charge in [0.15, 0.2) is 5.96 Å². The number of nitrogens with zero attached hydrogens (tertiary/aromatic N) is 2. The summed E-state index contributed by atoms with van der Waals surface area (Å²) in [5.74, 6) is 1.83. The molecular formula is C20H34N4O2. The molecule has 1 aliphatic heterocycles. The summed E-state index contributed by atoms with van der Waals surface area (Å²) >= 11 is 0. The molecule has 0 saturated carbocycles. The Labute approximate surface area is 158 Å². The Hall–Kier alpha value is -1.79. The SMILES string of the molecule is CCNC(=NCC1CCCN1CCOC)NCCc1ccccc1OC. The van der Waals surface area contributed by atoms with Gasteiger partial charge in [-0.3, -0.25) is 9.89 Å². The van der Waals surface area contributed by atoms with E-state index in [2.05, 4.69) is 28.5 Å². The molecule has 1 aliphatic rings. The van der Waals surface area contributed by atoms with E-state index in [0.717, 1.165) is 57.5 Å². The van der Waals surface area contributed by atoms with Crippen LogP contribution in [-0.2, 0) is 11.2 Å². The van der Waals surface area contributed by atoms with Gasteiger partial charge in [-0.15, -0.1) is 0 Å². The predicted molar refractivity (Wildman–Crippen MR) is 107 cm³/mol. The molecule has 26 heavy (non-hydrogen) atoms. The molecule has 1 atom stereocenters. The van der Waals surface area contributed by atoms with Gasteiger partial charge >= 0.3 is 0 Å². The van der Waals surface area contributed by atoms with Crippen LogP contribution in [0.25, 0.3) is 0 Å². The number of likely N-dealkylation sites (tertiary alicyclic amines) is 1. The molecule has 2 rings (SSSR count). The summed E-state index contributed by atoms with van der Waals surface area (Å²) in [6, 6.07) is 8.68. The zero-order valence-corrected chi connectivity index (χ0v) is 16.5. The molecule has 6 nitrogen and oxygen atoms in total. The summed E-state index contributed by atoms with van der Waals surface area (Å²) in [4.78, 5) is 7.30. The maximum Gasteiger partial charge on any atom is 0.191 e. The smallest absolute Gasteiger partial charge is 0.191 e. The second-order valence-electron chi connectivity index (χ2n) is 6.53. The van der Waals surface area contributed by atoms with Crippen molar-refractivity contribution in [2.45, 2.75) is 32.2 Å². The van der Waals surface area contributed by atoms with Crippen molar-refractivity contribution in [3.05, 3.63) is 29.8 Å². The third-order valence-electron chi connectivity index (χ3n) is 4.77. The third kappa shape index (κ3) is 6.50. The first-order valence-electron chi connectivity index (χ1n) is 9.65. The molecule has 0 bridgehead atoms. The molecule has 0 aliphatic carbocycles. The highest BCUT2D eigenvalue weighted by Crippen LogP contribution is 2.18. The maximum absolute atomic E-state index is 5.42. The molecule has 1 unspecified atom stereocenters. The van der Waals surface area contributed by atoms with E-state index in [1.165, 1.54) is 18.4 Å². The van der Waals surface area contributed by atoms with Crippen LogP contribution in [0.2, 0.25) is 0 Å². The van der Waals surface area contributed by atoms with Gasteiger partial charge in [-0.1, -0.05) is 18.2 Å². The van der Waals surface area contributed by atoms with Crippen LogP contribution in [0.15, 0.2) is 29.3 Å². The van der Waals surface area contributed by atoms with E-state index in [9.17, 15) is 0 Å². The second kappa shape index (κ2) is 11.8. The molecule has 6 heteroatoms. The Morgan fingerprint density at radius 1 is 1.27 bits per heavy atom. The fourth-order valence-corrected chi connectivity index (χ4v) is 3.37. The lowest BCUT2D eigenvalue weighted by molar-refractivity contribution is 0.142. The standard InChI is InChI=1S/C20H34N4O2/c1-4-21-20(22-12-11-17-8-5-6-10-19(17)26-3)23-16-18-9-7-13-24(18)14-15-25-2/h5-6,8,10,18H,4,7,9,11-16H2,1-3H3,(H2,21,22,23). The summed E-state index contributed by atoms with van der Waals surface area (Å²) in [7, 11) is 3.48. The molecule has 1 saturated heterocycles. The maximum atomic E-state index is 5.42. The van der Waals surface area contributed by atoms with Gasteiger partial charge in [-0.05, 0) is 44.4 Å². The number of hydrogen-bond donors (Lipinski definition) is 2. The Morgan fingerprint density at radius 2 is 2.12 bits per heavy atom. The average Bonchev–Trinajstić information content (AvgIpc) is 3.12. The van der Waals surface area contributed by atoms with Gasteiger partial charge in [0.05, 0.1) is 20.3 Å². The van der Waals surface area contributed by atoms with Crippen LogP contribution in [0, 0.1) is 0 Å². The molecule has 2 N–H and O–H groups in total. The summed E-state index contributed by atoms with van der Waals surface area (Å²) < 4.78 is 10.6. The van der Waals surface area contributed by atoms with Crippen molar-refractivity contribution >= 4 is 5.96 Å². The van der Waals surface area contributed by atoms with Crippen LogP contribution in [0.5, 0.6) is 5.75 Å². The Balaban J connectivity index is 1.84. The summed E-state index contributed by atoms with van der Waals surface area (Å²) in [5, 5.41) is 6.79. The van der Waals surface area contributed by atoms with Crippen molar-refractivity contribution in [1.29, 1.82) is 0 Å². The Kier molecular flexibility index (Phi) is 9.28. The van der Waals surface area contributed by atoms with E-state index >= 15 is 0 Å². The number of methoxy groups -OCH3 is 2. The minimum atomic E-state index is 0.523. The summed E-state index contributed by atoms with van der Waals surface area (Å²) in [6.07, 6.45) is 3.37. The third-order valence-corrected chi connectivity index (χ3v) is 4.77. The highest BCUT2D eigenvalue weighted by atomic mass is 16.5. The van der Waals surface area contributed by atoms with Crippen molar-refractivity contribution in [2.24, 2.45) is 4.99 Å². The highest BCUT2D eigenvalue weighted by Gasteiger charge is 2.23. The minimum absolute atomic E-state index is 0.523. The fraction of sp³-hybridized carbons (Fsp3) is 0.650. The van der Waals surface area contributed by atoms with Crippen molar-refractivity contribution in [3.8, 4) is 5.75 Å². The van der Waals surface area contributed by atoms with Gasteiger partial charge in [0.2, 0.25) is 0 Å². The Morgan fingerprint density at radius 3 is 2.88 bits per heavy atom. The molecule has 146 valence electrons. The minimum Gasteiger partial charge on any atom is -0.496 e. The molecule has 0 radical (unpaired) electrons. The van der Waals surface area contributed by atoms with E-state index in [1.54, 1.807) is 14.2 Å². The van der Waals surface area contributed by atoms with E-state index in [-0.39, 0.29) is 0 Å². The van der Waals surface area contributed by atoms with Crippen LogP contribution in [-0.4, -0.2) is 70.5 Å². The molecule has 1 fully saturated rings. The van der Waals surface area contributed by atoms with E-state index < -0.39 is 0 Å². The number of para-hydroxylation sites is 1. The second-order valence-corrected chi connectivity index (χ2v) is 6.53. The molecule has 0 spiro atoms. The van der Waals surface area contributed by atoms with Crippen molar-refractivity contribution in [3.63, 3.8) is 0 Å². The Bertz CT molecular complexity index is 550. The van der Waals surface area contributed by atoms with Gasteiger partial charge in [-0.2, -0.15) is 0 Å². The normalized spacial score (nSPS) is 18.1. The van der Waals surface area contributed by atoms with Gasteiger partial charge in [0.25, 0.3) is 0 Å². The number of nitrogens with one attached hydrogen (secondary N) is 2. The topological polar surface area (TPSA) is 58.1 Å². The molecule has 1 aromatic carbocycles. The summed E-state index contributed by atoms with van der Waals surface area (Å²) in [6.45, 7) is 7.54. The quantitative estimate of drug-likeness (QED) is 0.492. The zero-order valence-electron chi connectivity index (χ0n) is 16.5. The van der Waals surface area contributed by atoms with Crippen LogP contribution >= 0.6 is 0 Å². The lowest BCUT2D eigenvalue weighted by Gasteiger charge is -2.23. The number of hydrogen-bond acceptors (Lipinski definition) is 4. The van der Waals surface area contributed by atoms with Crippen LogP contribution in [0.3, 0.4) is 0 Å². The first kappa shape index (κ1) is 20.5. The van der Waals surface area contributed by atoms with E-state index in [0.29, 0.717) is 6.04 Å². The van der Waals surface area contributed by atoms with Crippen LogP contribution in [0.4, 0.5) is 0 Å². The van der Waals surface area contributed by atoms with Gasteiger partial charge in [0, 0.05) is 32.8 Å². The van der Waals surface area contributed by atoms with Crippen molar-refractivity contribution in [1.82, 2.24) is 15.5 Å². The molecule has 0 amide bonds. The van der Waals surface area contributed by atoms with Gasteiger partial charge in [-0.25, -0.2) is 0 Å². The van der Waals surface area contributed by atoms with E-state index in [1.807, 2.05) is 18.2 Å².